The molecule has 3 atom stereocenters. The molecule has 8 heteroatoms. The second-order valence-electron chi connectivity index (χ2n) is 19.4. The van der Waals surface area contributed by atoms with Crippen LogP contribution in [0.3, 0.4) is 0 Å². The van der Waals surface area contributed by atoms with E-state index in [0.29, 0.717) is 23.0 Å². The molecular formula is C48H85NO5Si2. The van der Waals surface area contributed by atoms with E-state index in [1.165, 1.54) is 57.8 Å². The van der Waals surface area contributed by atoms with Gasteiger partial charge in [-0.05, 0) is 59.2 Å². The highest BCUT2D eigenvalue weighted by molar-refractivity contribution is 6.99. The van der Waals surface area contributed by atoms with Crippen LogP contribution in [0.25, 0.3) is 0 Å². The van der Waals surface area contributed by atoms with E-state index in [2.05, 4.69) is 123 Å². The first-order valence-corrected chi connectivity index (χ1v) is 26.5. The zero-order valence-electron chi connectivity index (χ0n) is 38.2. The van der Waals surface area contributed by atoms with E-state index in [0.717, 1.165) is 29.6 Å². The van der Waals surface area contributed by atoms with Crippen LogP contribution in [0.4, 0.5) is 4.79 Å². The standard InChI is InChI=1S/C48H85NO5Si2/c1-14-15-16-17-18-19-20-21-22-23-24-31-36-44(50)45(54-56(48(11,12)13,41-32-27-25-28-33-41)42-34-29-26-30-35-42)43(49-46(51)53-47(8,9)10)37-52-55(38(2)3,39(4)5)40(6)7/h25-30,32-35,38-40,43-45,50H,14-24,31,36-37H2,1-13H3,(H,49,51)/t43-,44-,45-/m0/s1. The molecule has 2 N–H and O–H groups in total. The first-order chi connectivity index (χ1) is 26.3. The molecular weight excluding hydrogens is 727 g/mol. The lowest BCUT2D eigenvalue weighted by molar-refractivity contribution is -0.0150. The Bertz CT molecular complexity index is 1280. The summed E-state index contributed by atoms with van der Waals surface area (Å²) in [5.74, 6) is 0. The van der Waals surface area contributed by atoms with Crippen LogP contribution in [0, 0.1) is 0 Å². The van der Waals surface area contributed by atoms with E-state index in [1.807, 2.05) is 32.9 Å². The molecule has 0 spiro atoms. The maximum atomic E-state index is 13.8. The molecule has 56 heavy (non-hydrogen) atoms. The molecule has 2 rings (SSSR count). The van der Waals surface area contributed by atoms with Crippen LogP contribution in [0.15, 0.2) is 60.7 Å². The number of ether oxygens (including phenoxy) is 1. The topological polar surface area (TPSA) is 77.0 Å². The van der Waals surface area contributed by atoms with Crippen molar-refractivity contribution < 1.29 is 23.5 Å². The molecule has 0 unspecified atom stereocenters. The molecule has 1 amide bonds. The van der Waals surface area contributed by atoms with Crippen molar-refractivity contribution in [3.05, 3.63) is 60.7 Å². The van der Waals surface area contributed by atoms with Crippen LogP contribution in [-0.4, -0.2) is 58.3 Å². The van der Waals surface area contributed by atoms with Gasteiger partial charge in [-0.3, -0.25) is 0 Å². The van der Waals surface area contributed by atoms with Gasteiger partial charge < -0.3 is 24.0 Å². The number of amides is 1. The maximum absolute atomic E-state index is 13.8. The molecule has 0 saturated heterocycles. The van der Waals surface area contributed by atoms with E-state index in [-0.39, 0.29) is 11.6 Å². The third-order valence-electron chi connectivity index (χ3n) is 11.8. The summed E-state index contributed by atoms with van der Waals surface area (Å²) < 4.78 is 20.9. The number of alkyl carbamates (subject to hydrolysis) is 1. The molecule has 6 nitrogen and oxygen atoms in total. The van der Waals surface area contributed by atoms with E-state index in [1.54, 1.807) is 0 Å². The Morgan fingerprint density at radius 1 is 0.661 bits per heavy atom. The van der Waals surface area contributed by atoms with Gasteiger partial charge in [-0.15, -0.1) is 0 Å². The van der Waals surface area contributed by atoms with E-state index < -0.39 is 46.6 Å². The molecule has 0 aliphatic carbocycles. The number of unbranched alkanes of at least 4 members (excludes halogenated alkanes) is 11. The molecule has 0 bridgehead atoms. The summed E-state index contributed by atoms with van der Waals surface area (Å²) in [5.41, 5.74) is 0.370. The number of rotatable bonds is 26. The van der Waals surface area contributed by atoms with E-state index in [9.17, 15) is 9.90 Å². The van der Waals surface area contributed by atoms with Crippen LogP contribution in [0.2, 0.25) is 21.7 Å². The second-order valence-corrected chi connectivity index (χ2v) is 29.1. The van der Waals surface area contributed by atoms with Crippen molar-refractivity contribution in [3.8, 4) is 0 Å². The monoisotopic (exact) mass is 812 g/mol. The summed E-state index contributed by atoms with van der Waals surface area (Å²) in [6.07, 6.45) is 13.5. The molecule has 0 aromatic heterocycles. The lowest BCUT2D eigenvalue weighted by Crippen LogP contribution is -2.70. The largest absolute Gasteiger partial charge is 0.444 e. The lowest BCUT2D eigenvalue weighted by atomic mass is 9.99. The van der Waals surface area contributed by atoms with Crippen LogP contribution in [0.5, 0.6) is 0 Å². The van der Waals surface area contributed by atoms with Crippen LogP contribution < -0.4 is 15.7 Å². The number of nitrogens with one attached hydrogen (secondary N) is 1. The molecule has 320 valence electrons. The van der Waals surface area contributed by atoms with E-state index in [4.69, 9.17) is 13.6 Å². The summed E-state index contributed by atoms with van der Waals surface area (Å²) in [7, 11) is -5.53. The van der Waals surface area contributed by atoms with Crippen molar-refractivity contribution in [1.29, 1.82) is 0 Å². The average Bonchev–Trinajstić information content (AvgIpc) is 3.11. The fourth-order valence-corrected chi connectivity index (χ4v) is 19.3. The Kier molecular flexibility index (Phi) is 21.7. The Balaban J connectivity index is 2.58. The normalized spacial score (nSPS) is 14.7. The third kappa shape index (κ3) is 15.0. The van der Waals surface area contributed by atoms with Crippen LogP contribution in [0.1, 0.15) is 173 Å². The van der Waals surface area contributed by atoms with Gasteiger partial charge in [-0.25, -0.2) is 4.79 Å². The summed E-state index contributed by atoms with van der Waals surface area (Å²) in [6, 6.07) is 20.5. The van der Waals surface area contributed by atoms with Crippen molar-refractivity contribution in [2.24, 2.45) is 0 Å². The number of aliphatic hydroxyl groups excluding tert-OH is 1. The first kappa shape index (κ1) is 50.2. The highest BCUT2D eigenvalue weighted by Gasteiger charge is 2.54. The molecule has 2 aromatic carbocycles. The summed E-state index contributed by atoms with van der Waals surface area (Å²) in [5, 5.41) is 17.7. The molecule has 0 aliphatic heterocycles. The highest BCUT2D eigenvalue weighted by Crippen LogP contribution is 2.43. The van der Waals surface area contributed by atoms with Gasteiger partial charge in [0.1, 0.15) is 5.60 Å². The van der Waals surface area contributed by atoms with Crippen molar-refractivity contribution >= 4 is 33.1 Å². The van der Waals surface area contributed by atoms with Crippen LogP contribution in [-0.2, 0) is 13.6 Å². The zero-order valence-corrected chi connectivity index (χ0v) is 40.2. The third-order valence-corrected chi connectivity index (χ3v) is 22.9. The number of carbonyl (C=O) groups excluding carboxylic acids is 1. The van der Waals surface area contributed by atoms with Crippen LogP contribution >= 0.6 is 0 Å². The Hall–Kier alpha value is -1.98. The number of benzene rings is 2. The summed E-state index contributed by atoms with van der Waals surface area (Å²) in [4.78, 5) is 13.8. The number of carbonyl (C=O) groups is 1. The zero-order chi connectivity index (χ0) is 42.0. The molecule has 0 aliphatic rings. The molecule has 2 aromatic rings. The average molecular weight is 812 g/mol. The minimum atomic E-state index is -3.16. The Labute approximate surface area is 346 Å². The van der Waals surface area contributed by atoms with Crippen molar-refractivity contribution in [3.63, 3.8) is 0 Å². The summed E-state index contributed by atoms with van der Waals surface area (Å²) in [6.45, 7) is 28.6. The van der Waals surface area contributed by atoms with Gasteiger partial charge in [0.05, 0.1) is 24.9 Å². The van der Waals surface area contributed by atoms with Gasteiger partial charge in [0.25, 0.3) is 8.32 Å². The fourth-order valence-electron chi connectivity index (χ4n) is 9.09. The smallest absolute Gasteiger partial charge is 0.408 e. The number of hydrogen-bond acceptors (Lipinski definition) is 5. The Morgan fingerprint density at radius 2 is 1.07 bits per heavy atom. The van der Waals surface area contributed by atoms with Gasteiger partial charge in [-0.1, -0.05) is 207 Å². The van der Waals surface area contributed by atoms with Crippen molar-refractivity contribution in [2.45, 2.75) is 219 Å². The predicted molar refractivity (Wildman–Crippen MR) is 244 cm³/mol. The minimum absolute atomic E-state index is 0.235. The predicted octanol–water partition coefficient (Wildman–Crippen LogP) is 12.5. The minimum Gasteiger partial charge on any atom is -0.444 e. The molecule has 0 fully saturated rings. The van der Waals surface area contributed by atoms with Gasteiger partial charge in [0.15, 0.2) is 8.32 Å². The fraction of sp³-hybridized carbons (Fsp3) is 0.729. The molecule has 0 saturated carbocycles. The van der Waals surface area contributed by atoms with E-state index >= 15 is 0 Å². The highest BCUT2D eigenvalue weighted by atomic mass is 28.4. The summed E-state index contributed by atoms with van der Waals surface area (Å²) >= 11 is 0. The lowest BCUT2D eigenvalue weighted by Gasteiger charge is -2.48. The maximum Gasteiger partial charge on any atom is 0.408 e. The molecule has 0 radical (unpaired) electrons. The van der Waals surface area contributed by atoms with Gasteiger partial charge in [-0.2, -0.15) is 0 Å². The quantitative estimate of drug-likeness (QED) is 0.0731. The number of hydrogen-bond donors (Lipinski definition) is 2. The SMILES string of the molecule is CCCCCCCCCCCCCC[C@H](O)[C@@H](O[Si](c1ccccc1)(c1ccccc1)C(C)(C)C)[C@H](CO[Si](C(C)C)(C(C)C)C(C)C)NC(=O)OC(C)(C)C. The van der Waals surface area contributed by atoms with Gasteiger partial charge in [0.2, 0.25) is 0 Å². The van der Waals surface area contributed by atoms with Crippen molar-refractivity contribution in [2.75, 3.05) is 6.61 Å². The number of aliphatic hydroxyl groups is 1. The van der Waals surface area contributed by atoms with Gasteiger partial charge >= 0.3 is 6.09 Å². The molecule has 0 heterocycles. The van der Waals surface area contributed by atoms with Crippen molar-refractivity contribution in [1.82, 2.24) is 5.32 Å². The Morgan fingerprint density at radius 3 is 1.45 bits per heavy atom. The second kappa shape index (κ2) is 24.2. The first-order valence-electron chi connectivity index (χ1n) is 22.4. The van der Waals surface area contributed by atoms with Gasteiger partial charge in [0, 0.05) is 0 Å².